The summed E-state index contributed by atoms with van der Waals surface area (Å²) in [5.74, 6) is 0.0344. The number of likely N-dealkylation sites (tertiary alicyclic amines) is 1. The van der Waals surface area contributed by atoms with Crippen LogP contribution >= 0.6 is 11.6 Å². The van der Waals surface area contributed by atoms with Gasteiger partial charge in [0.25, 0.3) is 0 Å². The summed E-state index contributed by atoms with van der Waals surface area (Å²) >= 11 is 5.91. The van der Waals surface area contributed by atoms with Crippen LogP contribution in [0.3, 0.4) is 0 Å². The predicted molar refractivity (Wildman–Crippen MR) is 84.3 cm³/mol. The highest BCUT2D eigenvalue weighted by Gasteiger charge is 2.29. The van der Waals surface area contributed by atoms with Gasteiger partial charge < -0.3 is 10.0 Å². The fourth-order valence-electron chi connectivity index (χ4n) is 2.69. The molecule has 0 saturated carbocycles. The van der Waals surface area contributed by atoms with Crippen molar-refractivity contribution in [2.75, 3.05) is 13.1 Å². The minimum absolute atomic E-state index is 0.0344. The smallest absolute Gasteiger partial charge is 0.227 e. The Labute approximate surface area is 134 Å². The van der Waals surface area contributed by atoms with E-state index in [1.807, 2.05) is 42.8 Å². The van der Waals surface area contributed by atoms with Gasteiger partial charge in [0, 0.05) is 29.4 Å². The zero-order valence-electron chi connectivity index (χ0n) is 12.6. The van der Waals surface area contributed by atoms with E-state index in [2.05, 4.69) is 5.10 Å². The number of β-amino-alcohol motifs (C(OH)–C–C–N with tert-alkyl or cyclic N) is 1. The van der Waals surface area contributed by atoms with Crippen molar-refractivity contribution >= 4 is 17.5 Å². The lowest BCUT2D eigenvalue weighted by molar-refractivity contribution is -0.140. The van der Waals surface area contributed by atoms with Crippen LogP contribution in [0.1, 0.15) is 17.0 Å². The van der Waals surface area contributed by atoms with E-state index in [0.29, 0.717) is 24.5 Å². The van der Waals surface area contributed by atoms with Gasteiger partial charge in [0.05, 0.1) is 23.9 Å². The number of hydrogen-bond acceptors (Lipinski definition) is 3. The molecule has 0 radical (unpaired) electrons. The van der Waals surface area contributed by atoms with Gasteiger partial charge in [-0.05, 0) is 38.1 Å². The molecule has 1 aromatic heterocycles. The molecule has 0 spiro atoms. The quantitative estimate of drug-likeness (QED) is 0.940. The summed E-state index contributed by atoms with van der Waals surface area (Å²) in [5.41, 5.74) is 3.67. The Bertz CT molecular complexity index is 703. The highest BCUT2D eigenvalue weighted by atomic mass is 35.5. The van der Waals surface area contributed by atoms with E-state index in [9.17, 15) is 9.90 Å². The number of rotatable bonds is 3. The topological polar surface area (TPSA) is 58.4 Å². The summed E-state index contributed by atoms with van der Waals surface area (Å²) < 4.78 is 1.83. The Kier molecular flexibility index (Phi) is 3.93. The van der Waals surface area contributed by atoms with Crippen LogP contribution in [0.25, 0.3) is 5.69 Å². The van der Waals surface area contributed by atoms with Gasteiger partial charge in [-0.2, -0.15) is 5.10 Å². The third-order valence-electron chi connectivity index (χ3n) is 4.06. The van der Waals surface area contributed by atoms with Gasteiger partial charge in [0.15, 0.2) is 0 Å². The van der Waals surface area contributed by atoms with Crippen molar-refractivity contribution in [2.45, 2.75) is 26.4 Å². The normalized spacial score (nSPS) is 15.0. The molecule has 1 fully saturated rings. The average Bonchev–Trinajstić information content (AvgIpc) is 2.73. The van der Waals surface area contributed by atoms with Crippen LogP contribution < -0.4 is 0 Å². The Morgan fingerprint density at radius 2 is 1.95 bits per heavy atom. The average molecular weight is 320 g/mol. The van der Waals surface area contributed by atoms with Crippen molar-refractivity contribution in [1.82, 2.24) is 14.7 Å². The Morgan fingerprint density at radius 3 is 2.55 bits per heavy atom. The second-order valence-corrected chi connectivity index (χ2v) is 6.10. The molecule has 2 aromatic rings. The standard InChI is InChI=1S/C16H18ClN3O2/c1-10-15(7-16(22)19-8-14(21)9-19)11(2)20(18-10)13-5-3-12(17)4-6-13/h3-6,14,21H,7-9H2,1-2H3. The number of amides is 1. The zero-order valence-corrected chi connectivity index (χ0v) is 13.3. The molecule has 1 saturated heterocycles. The van der Waals surface area contributed by atoms with Crippen LogP contribution in [0.2, 0.25) is 5.02 Å². The number of halogens is 1. The fraction of sp³-hybridized carbons (Fsp3) is 0.375. The minimum Gasteiger partial charge on any atom is -0.389 e. The molecule has 1 aromatic carbocycles. The van der Waals surface area contributed by atoms with Gasteiger partial charge in [-0.1, -0.05) is 11.6 Å². The number of carbonyl (C=O) groups is 1. The lowest BCUT2D eigenvalue weighted by atomic mass is 10.1. The first-order chi connectivity index (χ1) is 10.5. The number of hydrogen-bond donors (Lipinski definition) is 1. The van der Waals surface area contributed by atoms with Gasteiger partial charge in [0.2, 0.25) is 5.91 Å². The van der Waals surface area contributed by atoms with E-state index in [1.54, 1.807) is 4.90 Å². The number of aromatic nitrogens is 2. The number of aryl methyl sites for hydroxylation is 1. The maximum atomic E-state index is 12.2. The highest BCUT2D eigenvalue weighted by Crippen LogP contribution is 2.21. The molecular formula is C16H18ClN3O2. The van der Waals surface area contributed by atoms with Crippen LogP contribution in [-0.4, -0.2) is 44.9 Å². The van der Waals surface area contributed by atoms with Gasteiger partial charge in [-0.15, -0.1) is 0 Å². The molecule has 1 aliphatic rings. The Hall–Kier alpha value is -1.85. The molecule has 0 aliphatic carbocycles. The van der Waals surface area contributed by atoms with Crippen LogP contribution in [0.4, 0.5) is 0 Å². The summed E-state index contributed by atoms with van der Waals surface area (Å²) in [7, 11) is 0. The van der Waals surface area contributed by atoms with Crippen molar-refractivity contribution in [1.29, 1.82) is 0 Å². The number of benzene rings is 1. The largest absolute Gasteiger partial charge is 0.389 e. The number of nitrogens with zero attached hydrogens (tertiary/aromatic N) is 3. The number of aliphatic hydroxyl groups excluding tert-OH is 1. The Balaban J connectivity index is 1.84. The molecule has 116 valence electrons. The second-order valence-electron chi connectivity index (χ2n) is 5.67. The van der Waals surface area contributed by atoms with E-state index < -0.39 is 0 Å². The first-order valence-corrected chi connectivity index (χ1v) is 7.60. The molecule has 22 heavy (non-hydrogen) atoms. The molecule has 1 aliphatic heterocycles. The van der Waals surface area contributed by atoms with Crippen LogP contribution in [-0.2, 0) is 11.2 Å². The summed E-state index contributed by atoms with van der Waals surface area (Å²) in [4.78, 5) is 13.9. The van der Waals surface area contributed by atoms with E-state index in [-0.39, 0.29) is 12.0 Å². The molecule has 0 atom stereocenters. The fourth-order valence-corrected chi connectivity index (χ4v) is 2.81. The first-order valence-electron chi connectivity index (χ1n) is 7.22. The van der Waals surface area contributed by atoms with E-state index in [4.69, 9.17) is 11.6 Å². The molecule has 0 bridgehead atoms. The van der Waals surface area contributed by atoms with Gasteiger partial charge in [-0.25, -0.2) is 4.68 Å². The first kappa shape index (κ1) is 15.1. The van der Waals surface area contributed by atoms with Crippen LogP contribution in [0.5, 0.6) is 0 Å². The summed E-state index contributed by atoms with van der Waals surface area (Å²) in [6.07, 6.45) is -0.0548. The molecule has 1 N–H and O–H groups in total. The van der Waals surface area contributed by atoms with Gasteiger partial charge in [-0.3, -0.25) is 4.79 Å². The molecule has 3 rings (SSSR count). The Morgan fingerprint density at radius 1 is 1.32 bits per heavy atom. The van der Waals surface area contributed by atoms with Crippen LogP contribution in [0, 0.1) is 13.8 Å². The molecular weight excluding hydrogens is 302 g/mol. The van der Waals surface area contributed by atoms with Crippen molar-refractivity contribution in [2.24, 2.45) is 0 Å². The third kappa shape index (κ3) is 2.74. The van der Waals surface area contributed by atoms with E-state index in [0.717, 1.165) is 22.6 Å². The van der Waals surface area contributed by atoms with Crippen LogP contribution in [0.15, 0.2) is 24.3 Å². The highest BCUT2D eigenvalue weighted by molar-refractivity contribution is 6.30. The minimum atomic E-state index is -0.372. The maximum absolute atomic E-state index is 12.2. The number of aliphatic hydroxyl groups is 1. The molecule has 1 amide bonds. The monoisotopic (exact) mass is 319 g/mol. The van der Waals surface area contributed by atoms with E-state index in [1.165, 1.54) is 0 Å². The molecule has 5 nitrogen and oxygen atoms in total. The van der Waals surface area contributed by atoms with Gasteiger partial charge in [0.1, 0.15) is 0 Å². The zero-order chi connectivity index (χ0) is 15.9. The second kappa shape index (κ2) is 5.74. The lowest BCUT2D eigenvalue weighted by Crippen LogP contribution is -2.54. The SMILES string of the molecule is Cc1nn(-c2ccc(Cl)cc2)c(C)c1CC(=O)N1CC(O)C1. The number of carbonyl (C=O) groups excluding carboxylic acids is 1. The molecule has 2 heterocycles. The third-order valence-corrected chi connectivity index (χ3v) is 4.31. The van der Waals surface area contributed by atoms with Crippen molar-refractivity contribution in [3.63, 3.8) is 0 Å². The summed E-state index contributed by atoms with van der Waals surface area (Å²) in [6.45, 7) is 4.74. The maximum Gasteiger partial charge on any atom is 0.227 e. The van der Waals surface area contributed by atoms with Crippen molar-refractivity contribution < 1.29 is 9.90 Å². The van der Waals surface area contributed by atoms with Crippen molar-refractivity contribution in [3.05, 3.63) is 46.2 Å². The summed E-state index contributed by atoms with van der Waals surface area (Å²) in [6, 6.07) is 7.44. The lowest BCUT2D eigenvalue weighted by Gasteiger charge is -2.35. The van der Waals surface area contributed by atoms with Gasteiger partial charge >= 0.3 is 0 Å². The molecule has 0 unspecified atom stereocenters. The summed E-state index contributed by atoms with van der Waals surface area (Å²) in [5, 5.41) is 14.5. The van der Waals surface area contributed by atoms with Crippen molar-refractivity contribution in [3.8, 4) is 5.69 Å². The van der Waals surface area contributed by atoms with E-state index >= 15 is 0 Å². The molecule has 6 heteroatoms. The predicted octanol–water partition coefficient (Wildman–Crippen LogP) is 1.89.